The van der Waals surface area contributed by atoms with E-state index in [2.05, 4.69) is 20.0 Å². The van der Waals surface area contributed by atoms with E-state index >= 15 is 0 Å². The molecular weight excluding hydrogens is 499 g/mol. The van der Waals surface area contributed by atoms with Crippen molar-refractivity contribution in [2.24, 2.45) is 9.98 Å². The van der Waals surface area contributed by atoms with Gasteiger partial charge in [0, 0.05) is 44.6 Å². The van der Waals surface area contributed by atoms with Crippen LogP contribution in [0.2, 0.25) is 0 Å². The molecule has 2 aromatic carbocycles. The van der Waals surface area contributed by atoms with Crippen molar-refractivity contribution in [1.29, 1.82) is 0 Å². The predicted octanol–water partition coefficient (Wildman–Crippen LogP) is 3.39. The molecule has 0 bridgehead atoms. The van der Waals surface area contributed by atoms with Crippen LogP contribution in [0.5, 0.6) is 11.5 Å². The number of phenolic OH excluding ortho intramolecular Hbond substituents is 2. The Labute approximate surface area is 158 Å². The van der Waals surface area contributed by atoms with Crippen LogP contribution >= 0.6 is 0 Å². The zero-order valence-corrected chi connectivity index (χ0v) is 15.2. The summed E-state index contributed by atoms with van der Waals surface area (Å²) >= 11 is 0. The summed E-state index contributed by atoms with van der Waals surface area (Å²) in [7, 11) is 0. The van der Waals surface area contributed by atoms with Gasteiger partial charge in [0.15, 0.2) is 5.82 Å². The van der Waals surface area contributed by atoms with E-state index < -0.39 is 0 Å². The molecule has 25 heavy (non-hydrogen) atoms. The molecule has 0 aliphatic carbocycles. The number of rotatable bonds is 4. The maximum Gasteiger partial charge on any atom is 0.181 e. The molecule has 3 rings (SSSR count). The molecule has 0 saturated carbocycles. The molecule has 0 spiro atoms. The zero-order chi connectivity index (χ0) is 16.8. The average molecular weight is 513 g/mol. The monoisotopic (exact) mass is 513 g/mol. The van der Waals surface area contributed by atoms with Gasteiger partial charge in [-0.15, -0.1) is 0 Å². The fourth-order valence-corrected chi connectivity index (χ4v) is 1.97. The molecule has 0 saturated heterocycles. The van der Waals surface area contributed by atoms with Crippen molar-refractivity contribution in [3.63, 3.8) is 0 Å². The molecule has 0 aliphatic heterocycles. The molecule has 7 heteroatoms. The molecule has 2 N–H and O–H groups in total. The van der Waals surface area contributed by atoms with Crippen molar-refractivity contribution < 1.29 is 31.3 Å². The predicted molar refractivity (Wildman–Crippen MR) is 92.8 cm³/mol. The molecule has 1 aromatic heterocycles. The zero-order valence-electron chi connectivity index (χ0n) is 12.9. The van der Waals surface area contributed by atoms with Crippen molar-refractivity contribution in [1.82, 2.24) is 9.97 Å². The number of hydrogen-bond donors (Lipinski definition) is 2. The van der Waals surface area contributed by atoms with E-state index in [1.54, 1.807) is 48.5 Å². The number of aromatic nitrogens is 2. The molecule has 3 aromatic rings. The Morgan fingerprint density at radius 1 is 0.800 bits per heavy atom. The summed E-state index contributed by atoms with van der Waals surface area (Å²) in [5.41, 5.74) is 1.61. The number of nitrogens with zero attached hydrogens (tertiary/aromatic N) is 4. The van der Waals surface area contributed by atoms with Crippen molar-refractivity contribution in [2.75, 3.05) is 0 Å². The topological polar surface area (TPSA) is 91.0 Å². The van der Waals surface area contributed by atoms with Crippen LogP contribution in [0.25, 0.3) is 0 Å². The molecule has 0 unspecified atom stereocenters. The van der Waals surface area contributed by atoms with Gasteiger partial charge in [-0.2, -0.15) is 0 Å². The second-order valence-electron chi connectivity index (χ2n) is 4.87. The van der Waals surface area contributed by atoms with Crippen LogP contribution in [0.4, 0.5) is 11.5 Å². The maximum absolute atomic E-state index is 9.76. The van der Waals surface area contributed by atoms with Crippen molar-refractivity contribution in [2.45, 2.75) is 0 Å². The quantitative estimate of drug-likeness (QED) is 0.524. The Morgan fingerprint density at radius 2 is 1.36 bits per heavy atom. The number of para-hydroxylation sites is 2. The van der Waals surface area contributed by atoms with Gasteiger partial charge in [-0.25, -0.2) is 15.0 Å². The summed E-state index contributed by atoms with van der Waals surface area (Å²) in [5, 5.41) is 19.5. The Kier molecular flexibility index (Phi) is 6.54. The fourth-order valence-electron chi connectivity index (χ4n) is 1.97. The fraction of sp³-hybridized carbons (Fsp3) is 0. The van der Waals surface area contributed by atoms with Gasteiger partial charge in [0.05, 0.1) is 6.20 Å². The number of phenols is 2. The van der Waals surface area contributed by atoms with Crippen molar-refractivity contribution in [3.05, 3.63) is 72.2 Å². The van der Waals surface area contributed by atoms with Crippen LogP contribution in [0.15, 0.2) is 71.0 Å². The van der Waals surface area contributed by atoms with Gasteiger partial charge in [-0.3, -0.25) is 4.99 Å². The number of aromatic hydroxyl groups is 2. The van der Waals surface area contributed by atoms with Crippen LogP contribution in [0.3, 0.4) is 0 Å². The van der Waals surface area contributed by atoms with Crippen LogP contribution in [-0.4, -0.2) is 32.6 Å². The SMILES string of the molecule is Oc1ccccc1C=Nc1cncnc1N=Cc1ccccc1O.[Pt]. The van der Waals surface area contributed by atoms with E-state index in [-0.39, 0.29) is 32.6 Å². The Morgan fingerprint density at radius 3 is 1.96 bits per heavy atom. The first-order valence-corrected chi connectivity index (χ1v) is 7.18. The van der Waals surface area contributed by atoms with Crippen LogP contribution < -0.4 is 0 Å². The largest absolute Gasteiger partial charge is 0.507 e. The summed E-state index contributed by atoms with van der Waals surface area (Å²) < 4.78 is 0. The summed E-state index contributed by atoms with van der Waals surface area (Å²) in [6.07, 6.45) is 5.93. The van der Waals surface area contributed by atoms with Crippen LogP contribution in [0.1, 0.15) is 11.1 Å². The first kappa shape index (κ1) is 18.5. The van der Waals surface area contributed by atoms with Gasteiger partial charge in [0.1, 0.15) is 23.5 Å². The second-order valence-corrected chi connectivity index (χ2v) is 4.87. The molecule has 0 radical (unpaired) electrons. The number of hydrogen-bond acceptors (Lipinski definition) is 6. The molecule has 0 fully saturated rings. The third kappa shape index (κ3) is 4.81. The normalized spacial score (nSPS) is 10.9. The van der Waals surface area contributed by atoms with Gasteiger partial charge < -0.3 is 10.2 Å². The van der Waals surface area contributed by atoms with Gasteiger partial charge in [0.25, 0.3) is 0 Å². The van der Waals surface area contributed by atoms with Gasteiger partial charge >= 0.3 is 0 Å². The van der Waals surface area contributed by atoms with E-state index in [1.165, 1.54) is 25.0 Å². The molecule has 1 heterocycles. The Hall–Kier alpha value is -2.85. The minimum absolute atomic E-state index is 0. The third-order valence-corrected chi connectivity index (χ3v) is 3.21. The van der Waals surface area contributed by atoms with Gasteiger partial charge in [-0.1, -0.05) is 24.3 Å². The minimum atomic E-state index is 0. The maximum atomic E-state index is 9.76. The Balaban J connectivity index is 0.00000225. The molecule has 0 aliphatic rings. The van der Waals surface area contributed by atoms with E-state index in [0.717, 1.165) is 0 Å². The van der Waals surface area contributed by atoms with E-state index in [9.17, 15) is 10.2 Å². The summed E-state index contributed by atoms with van der Waals surface area (Å²) in [6.45, 7) is 0. The molecule has 6 nitrogen and oxygen atoms in total. The molecule has 0 atom stereocenters. The second kappa shape index (κ2) is 8.85. The standard InChI is InChI=1S/C18H14N4O2.Pt/c23-16-7-3-1-5-13(16)9-20-15-11-19-12-22-18(15)21-10-14-6-2-4-8-17(14)24;/h1-12,23-24H;. The average Bonchev–Trinajstić information content (AvgIpc) is 2.61. The van der Waals surface area contributed by atoms with E-state index in [4.69, 9.17) is 0 Å². The first-order valence-electron chi connectivity index (χ1n) is 7.18. The van der Waals surface area contributed by atoms with Crippen LogP contribution in [-0.2, 0) is 21.1 Å². The summed E-state index contributed by atoms with van der Waals surface area (Å²) in [5.74, 6) is 0.631. The first-order chi connectivity index (χ1) is 11.7. The number of aliphatic imine (C=N–C) groups is 2. The van der Waals surface area contributed by atoms with Crippen molar-refractivity contribution in [3.8, 4) is 11.5 Å². The van der Waals surface area contributed by atoms with E-state index in [0.29, 0.717) is 22.6 Å². The third-order valence-electron chi connectivity index (χ3n) is 3.21. The van der Waals surface area contributed by atoms with E-state index in [1.807, 2.05) is 0 Å². The summed E-state index contributed by atoms with van der Waals surface area (Å²) in [6, 6.07) is 13.7. The molecule has 0 amide bonds. The molecule has 128 valence electrons. The minimum Gasteiger partial charge on any atom is -0.507 e. The Bertz CT molecular complexity index is 838. The van der Waals surface area contributed by atoms with Crippen LogP contribution in [0, 0.1) is 0 Å². The molecular formula is C18H14N4O2Pt. The van der Waals surface area contributed by atoms with Gasteiger partial charge in [-0.05, 0) is 24.3 Å². The van der Waals surface area contributed by atoms with Gasteiger partial charge in [0.2, 0.25) is 0 Å². The number of benzene rings is 2. The van der Waals surface area contributed by atoms with Crippen molar-refractivity contribution >= 4 is 23.9 Å². The summed E-state index contributed by atoms with van der Waals surface area (Å²) in [4.78, 5) is 16.6. The smallest absolute Gasteiger partial charge is 0.181 e.